The van der Waals surface area contributed by atoms with Crippen LogP contribution in [0.25, 0.3) is 0 Å². The van der Waals surface area contributed by atoms with Gasteiger partial charge in [-0.05, 0) is 25.5 Å². The van der Waals surface area contributed by atoms with Gasteiger partial charge >= 0.3 is 5.97 Å². The van der Waals surface area contributed by atoms with Gasteiger partial charge in [0.2, 0.25) is 0 Å². The van der Waals surface area contributed by atoms with E-state index < -0.39 is 12.0 Å². The predicted octanol–water partition coefficient (Wildman–Crippen LogP) is 0.621. The van der Waals surface area contributed by atoms with Crippen molar-refractivity contribution in [3.63, 3.8) is 0 Å². The first-order valence-corrected chi connectivity index (χ1v) is 6.67. The molecule has 1 aliphatic rings. The van der Waals surface area contributed by atoms with Crippen LogP contribution in [0.3, 0.4) is 0 Å². The van der Waals surface area contributed by atoms with Crippen molar-refractivity contribution in [1.82, 2.24) is 14.8 Å². The highest BCUT2D eigenvalue weighted by Gasteiger charge is 2.27. The van der Waals surface area contributed by atoms with Crippen LogP contribution in [0, 0.1) is 6.92 Å². The third-order valence-corrected chi connectivity index (χ3v) is 3.63. The van der Waals surface area contributed by atoms with Crippen molar-refractivity contribution in [2.75, 3.05) is 26.2 Å². The molecule has 2 heterocycles. The zero-order valence-electron chi connectivity index (χ0n) is 11.7. The van der Waals surface area contributed by atoms with E-state index in [0.717, 1.165) is 5.56 Å². The number of aryl methyl sites for hydroxylation is 1. The fraction of sp³-hybridized carbons (Fsp3) is 0.500. The van der Waals surface area contributed by atoms with Crippen molar-refractivity contribution < 1.29 is 14.7 Å². The number of aliphatic carboxylic acids is 1. The average Bonchev–Trinajstić information content (AvgIpc) is 2.46. The molecule has 0 aromatic carbocycles. The van der Waals surface area contributed by atoms with Gasteiger partial charge < -0.3 is 10.0 Å². The first kappa shape index (κ1) is 14.5. The Balaban J connectivity index is 1.97. The van der Waals surface area contributed by atoms with Gasteiger partial charge in [0.05, 0.1) is 5.56 Å². The molecule has 1 amide bonds. The molecule has 20 heavy (non-hydrogen) atoms. The third-order valence-electron chi connectivity index (χ3n) is 3.63. The van der Waals surface area contributed by atoms with Crippen LogP contribution in [0.1, 0.15) is 22.8 Å². The summed E-state index contributed by atoms with van der Waals surface area (Å²) in [5.41, 5.74) is 1.54. The van der Waals surface area contributed by atoms with E-state index in [1.54, 1.807) is 24.2 Å². The fourth-order valence-electron chi connectivity index (χ4n) is 2.32. The van der Waals surface area contributed by atoms with Gasteiger partial charge in [0, 0.05) is 38.6 Å². The van der Waals surface area contributed by atoms with Crippen LogP contribution in [0.4, 0.5) is 0 Å². The molecule has 1 atom stereocenters. The zero-order valence-corrected chi connectivity index (χ0v) is 11.7. The lowest BCUT2D eigenvalue weighted by Crippen LogP contribution is -2.53. The number of pyridine rings is 1. The largest absolute Gasteiger partial charge is 0.480 e. The van der Waals surface area contributed by atoms with Gasteiger partial charge in [0.15, 0.2) is 0 Å². The summed E-state index contributed by atoms with van der Waals surface area (Å²) in [6.07, 6.45) is 3.28. The SMILES string of the molecule is Cc1cncc(C(=O)N2CCN(C(C)C(=O)O)CC2)c1. The Bertz CT molecular complexity index is 510. The number of rotatable bonds is 3. The highest BCUT2D eigenvalue weighted by Crippen LogP contribution is 2.11. The molecule has 6 heteroatoms. The highest BCUT2D eigenvalue weighted by molar-refractivity contribution is 5.94. The van der Waals surface area contributed by atoms with E-state index in [4.69, 9.17) is 5.11 Å². The van der Waals surface area contributed by atoms with Gasteiger partial charge in [-0.3, -0.25) is 19.5 Å². The Kier molecular flexibility index (Phi) is 4.34. The quantitative estimate of drug-likeness (QED) is 0.876. The van der Waals surface area contributed by atoms with Crippen molar-refractivity contribution >= 4 is 11.9 Å². The Morgan fingerprint density at radius 1 is 1.25 bits per heavy atom. The van der Waals surface area contributed by atoms with Gasteiger partial charge in [-0.2, -0.15) is 0 Å². The second-order valence-corrected chi connectivity index (χ2v) is 5.09. The van der Waals surface area contributed by atoms with E-state index in [1.165, 1.54) is 0 Å². The highest BCUT2D eigenvalue weighted by atomic mass is 16.4. The normalized spacial score (nSPS) is 17.8. The maximum Gasteiger partial charge on any atom is 0.320 e. The number of aromatic nitrogens is 1. The molecular weight excluding hydrogens is 258 g/mol. The Hall–Kier alpha value is -1.95. The van der Waals surface area contributed by atoms with E-state index in [9.17, 15) is 9.59 Å². The van der Waals surface area contributed by atoms with Crippen molar-refractivity contribution in [2.45, 2.75) is 19.9 Å². The molecule has 2 rings (SSSR count). The summed E-state index contributed by atoms with van der Waals surface area (Å²) in [6.45, 7) is 5.83. The number of carboxylic acid groups (broad SMARTS) is 1. The summed E-state index contributed by atoms with van der Waals surface area (Å²) >= 11 is 0. The summed E-state index contributed by atoms with van der Waals surface area (Å²) in [7, 11) is 0. The minimum atomic E-state index is -0.826. The molecule has 108 valence electrons. The summed E-state index contributed by atoms with van der Waals surface area (Å²) in [6, 6.07) is 1.31. The van der Waals surface area contributed by atoms with E-state index in [0.29, 0.717) is 31.7 Å². The maximum absolute atomic E-state index is 12.3. The number of hydrogen-bond acceptors (Lipinski definition) is 4. The van der Waals surface area contributed by atoms with Crippen LogP contribution in [-0.4, -0.2) is 64.0 Å². The van der Waals surface area contributed by atoms with Crippen molar-refractivity contribution in [3.05, 3.63) is 29.6 Å². The van der Waals surface area contributed by atoms with Crippen molar-refractivity contribution in [2.24, 2.45) is 0 Å². The molecule has 1 aromatic heterocycles. The smallest absolute Gasteiger partial charge is 0.320 e. The molecule has 1 aliphatic heterocycles. The summed E-state index contributed by atoms with van der Waals surface area (Å²) in [5, 5.41) is 8.99. The lowest BCUT2D eigenvalue weighted by Gasteiger charge is -2.36. The Morgan fingerprint density at radius 2 is 1.90 bits per heavy atom. The van der Waals surface area contributed by atoms with Crippen LogP contribution < -0.4 is 0 Å². The fourth-order valence-corrected chi connectivity index (χ4v) is 2.32. The molecule has 6 nitrogen and oxygen atoms in total. The average molecular weight is 277 g/mol. The van der Waals surface area contributed by atoms with Crippen LogP contribution >= 0.6 is 0 Å². The Labute approximate surface area is 118 Å². The van der Waals surface area contributed by atoms with Crippen LogP contribution in [-0.2, 0) is 4.79 Å². The van der Waals surface area contributed by atoms with Gasteiger partial charge in [-0.15, -0.1) is 0 Å². The molecule has 0 bridgehead atoms. The second-order valence-electron chi connectivity index (χ2n) is 5.09. The molecule has 1 aromatic rings. The van der Waals surface area contributed by atoms with Crippen LogP contribution in [0.15, 0.2) is 18.5 Å². The molecule has 0 saturated carbocycles. The van der Waals surface area contributed by atoms with E-state index in [2.05, 4.69) is 4.98 Å². The molecule has 0 aliphatic carbocycles. The number of carbonyl (C=O) groups excluding carboxylic acids is 1. The number of piperazine rings is 1. The minimum Gasteiger partial charge on any atom is -0.480 e. The van der Waals surface area contributed by atoms with Gasteiger partial charge in [0.25, 0.3) is 5.91 Å². The van der Waals surface area contributed by atoms with Crippen LogP contribution in [0.5, 0.6) is 0 Å². The number of carbonyl (C=O) groups is 2. The first-order valence-electron chi connectivity index (χ1n) is 6.67. The van der Waals surface area contributed by atoms with Gasteiger partial charge in [-0.25, -0.2) is 0 Å². The maximum atomic E-state index is 12.3. The minimum absolute atomic E-state index is 0.0381. The molecule has 1 fully saturated rings. The van der Waals surface area contributed by atoms with Gasteiger partial charge in [-0.1, -0.05) is 0 Å². The lowest BCUT2D eigenvalue weighted by atomic mass is 10.1. The molecule has 1 unspecified atom stereocenters. The Morgan fingerprint density at radius 3 is 2.45 bits per heavy atom. The lowest BCUT2D eigenvalue weighted by molar-refractivity contribution is -0.143. The standard InChI is InChI=1S/C14H19N3O3/c1-10-7-12(9-15-8-10)13(18)17-5-3-16(4-6-17)11(2)14(19)20/h7-9,11H,3-6H2,1-2H3,(H,19,20). The first-order chi connectivity index (χ1) is 9.49. The second kappa shape index (κ2) is 6.00. The van der Waals surface area contributed by atoms with Crippen molar-refractivity contribution in [3.8, 4) is 0 Å². The van der Waals surface area contributed by atoms with E-state index in [1.807, 2.05) is 17.9 Å². The topological polar surface area (TPSA) is 73.7 Å². The number of carboxylic acids is 1. The molecule has 0 radical (unpaired) electrons. The summed E-state index contributed by atoms with van der Waals surface area (Å²) in [4.78, 5) is 30.9. The molecular formula is C14H19N3O3. The number of amides is 1. The zero-order chi connectivity index (χ0) is 14.7. The molecule has 0 spiro atoms. The third kappa shape index (κ3) is 3.14. The molecule has 1 N–H and O–H groups in total. The van der Waals surface area contributed by atoms with Crippen LogP contribution in [0.2, 0.25) is 0 Å². The number of nitrogens with zero attached hydrogens (tertiary/aromatic N) is 3. The van der Waals surface area contributed by atoms with E-state index in [-0.39, 0.29) is 5.91 Å². The van der Waals surface area contributed by atoms with Gasteiger partial charge in [0.1, 0.15) is 6.04 Å². The predicted molar refractivity (Wildman–Crippen MR) is 73.5 cm³/mol. The van der Waals surface area contributed by atoms with E-state index >= 15 is 0 Å². The monoisotopic (exact) mass is 277 g/mol. The summed E-state index contributed by atoms with van der Waals surface area (Å²) < 4.78 is 0. The molecule has 1 saturated heterocycles. The number of hydrogen-bond donors (Lipinski definition) is 1. The van der Waals surface area contributed by atoms with Crippen molar-refractivity contribution in [1.29, 1.82) is 0 Å². The summed E-state index contributed by atoms with van der Waals surface area (Å²) in [5.74, 6) is -0.864.